The number of hydrogen-bond acceptors (Lipinski definition) is 6. The first-order valence-corrected chi connectivity index (χ1v) is 11.7. The summed E-state index contributed by atoms with van der Waals surface area (Å²) in [6, 6.07) is 22.4. The van der Waals surface area contributed by atoms with Crippen LogP contribution in [0.1, 0.15) is 5.56 Å². The molecular formula is C24H24N6OS. The second kappa shape index (κ2) is 9.00. The number of nitrogens with zero attached hydrogens (tertiary/aromatic N) is 6. The summed E-state index contributed by atoms with van der Waals surface area (Å²) in [5.74, 6) is 0.442. The van der Waals surface area contributed by atoms with Crippen molar-refractivity contribution in [3.63, 3.8) is 0 Å². The highest BCUT2D eigenvalue weighted by Crippen LogP contribution is 2.22. The van der Waals surface area contributed by atoms with Crippen molar-refractivity contribution in [3.8, 4) is 11.3 Å². The third-order valence-electron chi connectivity index (χ3n) is 5.66. The molecular weight excluding hydrogens is 420 g/mol. The first-order valence-electron chi connectivity index (χ1n) is 10.7. The molecule has 162 valence electrons. The van der Waals surface area contributed by atoms with E-state index in [0.29, 0.717) is 16.6 Å². The summed E-state index contributed by atoms with van der Waals surface area (Å²) in [4.78, 5) is 17.1. The molecule has 1 saturated heterocycles. The number of carbonyl (C=O) groups is 1. The number of carbonyl (C=O) groups excluding carboxylic acids is 1. The van der Waals surface area contributed by atoms with Crippen LogP contribution in [0.15, 0.2) is 71.9 Å². The molecule has 2 aromatic carbocycles. The van der Waals surface area contributed by atoms with Gasteiger partial charge in [-0.1, -0.05) is 59.8 Å². The zero-order chi connectivity index (χ0) is 21.9. The van der Waals surface area contributed by atoms with E-state index in [-0.39, 0.29) is 5.91 Å². The van der Waals surface area contributed by atoms with Crippen molar-refractivity contribution in [2.45, 2.75) is 12.1 Å². The number of para-hydroxylation sites is 1. The number of benzene rings is 2. The Bertz CT molecular complexity index is 1220. The number of fused-ring (bicyclic) bond motifs is 1. The lowest BCUT2D eigenvalue weighted by molar-refractivity contribution is -0.128. The van der Waals surface area contributed by atoms with E-state index in [0.717, 1.165) is 37.4 Å². The minimum Gasteiger partial charge on any atom is -0.368 e. The molecule has 4 aromatic rings. The van der Waals surface area contributed by atoms with Gasteiger partial charge in [0, 0.05) is 37.4 Å². The number of aryl methyl sites for hydroxylation is 1. The molecule has 0 unspecified atom stereocenters. The predicted octanol–water partition coefficient (Wildman–Crippen LogP) is 3.54. The Kier molecular flexibility index (Phi) is 5.77. The molecule has 0 N–H and O–H groups in total. The van der Waals surface area contributed by atoms with Gasteiger partial charge >= 0.3 is 0 Å². The molecule has 0 radical (unpaired) electrons. The van der Waals surface area contributed by atoms with Crippen LogP contribution in [-0.2, 0) is 4.79 Å². The number of thioether (sulfide) groups is 1. The monoisotopic (exact) mass is 444 g/mol. The average Bonchev–Trinajstić information content (AvgIpc) is 3.26. The fourth-order valence-electron chi connectivity index (χ4n) is 3.81. The molecule has 0 saturated carbocycles. The first kappa shape index (κ1) is 20.5. The van der Waals surface area contributed by atoms with Crippen LogP contribution >= 0.6 is 11.8 Å². The van der Waals surface area contributed by atoms with Gasteiger partial charge in [-0.3, -0.25) is 4.79 Å². The standard InChI is InChI=1S/C24H24N6OS/c1-18-7-9-19(10-8-18)21-11-12-22-25-26-24(30(22)27-21)32-17-23(31)29-15-13-28(14-16-29)20-5-3-2-4-6-20/h2-12H,13-17H2,1H3. The average molecular weight is 445 g/mol. The van der Waals surface area contributed by atoms with Gasteiger partial charge in [-0.25, -0.2) is 0 Å². The Labute approximate surface area is 191 Å². The van der Waals surface area contributed by atoms with Crippen molar-refractivity contribution in [3.05, 3.63) is 72.3 Å². The highest BCUT2D eigenvalue weighted by molar-refractivity contribution is 7.99. The summed E-state index contributed by atoms with van der Waals surface area (Å²) in [5.41, 5.74) is 4.97. The molecule has 1 aliphatic rings. The SMILES string of the molecule is Cc1ccc(-c2ccc3nnc(SCC(=O)N4CCN(c5ccccc5)CC4)n3n2)cc1. The largest absolute Gasteiger partial charge is 0.368 e. The molecule has 32 heavy (non-hydrogen) atoms. The molecule has 1 fully saturated rings. The van der Waals surface area contributed by atoms with Gasteiger partial charge in [0.1, 0.15) is 0 Å². The lowest BCUT2D eigenvalue weighted by Gasteiger charge is -2.36. The maximum absolute atomic E-state index is 12.8. The summed E-state index contributed by atoms with van der Waals surface area (Å²) in [6.07, 6.45) is 0. The predicted molar refractivity (Wildman–Crippen MR) is 127 cm³/mol. The zero-order valence-electron chi connectivity index (χ0n) is 17.9. The third kappa shape index (κ3) is 4.31. The maximum atomic E-state index is 12.8. The smallest absolute Gasteiger partial charge is 0.233 e. The lowest BCUT2D eigenvalue weighted by Crippen LogP contribution is -2.49. The molecule has 0 atom stereocenters. The van der Waals surface area contributed by atoms with E-state index in [9.17, 15) is 4.79 Å². The number of rotatable bonds is 5. The van der Waals surface area contributed by atoms with Gasteiger partial charge < -0.3 is 9.80 Å². The fourth-order valence-corrected chi connectivity index (χ4v) is 4.60. The molecule has 0 aliphatic carbocycles. The summed E-state index contributed by atoms with van der Waals surface area (Å²) in [7, 11) is 0. The van der Waals surface area contributed by atoms with Crippen LogP contribution in [-0.4, -0.2) is 62.6 Å². The van der Waals surface area contributed by atoms with E-state index in [2.05, 4.69) is 58.4 Å². The van der Waals surface area contributed by atoms with Gasteiger partial charge in [0.15, 0.2) is 5.65 Å². The van der Waals surface area contributed by atoms with E-state index in [1.54, 1.807) is 4.52 Å². The molecule has 2 aromatic heterocycles. The van der Waals surface area contributed by atoms with Crippen LogP contribution in [0.2, 0.25) is 0 Å². The van der Waals surface area contributed by atoms with Crippen LogP contribution < -0.4 is 4.90 Å². The number of amides is 1. The maximum Gasteiger partial charge on any atom is 0.233 e. The van der Waals surface area contributed by atoms with Crippen molar-refractivity contribution in [1.29, 1.82) is 0 Å². The van der Waals surface area contributed by atoms with Crippen molar-refractivity contribution >= 4 is 29.0 Å². The van der Waals surface area contributed by atoms with Crippen molar-refractivity contribution < 1.29 is 4.79 Å². The van der Waals surface area contributed by atoms with Crippen molar-refractivity contribution in [1.82, 2.24) is 24.7 Å². The van der Waals surface area contributed by atoms with Crippen molar-refractivity contribution in [2.24, 2.45) is 0 Å². The van der Waals surface area contributed by atoms with Gasteiger partial charge in [-0.15, -0.1) is 10.2 Å². The van der Waals surface area contributed by atoms with E-state index in [1.165, 1.54) is 23.0 Å². The van der Waals surface area contributed by atoms with E-state index >= 15 is 0 Å². The normalized spacial score (nSPS) is 14.2. The molecule has 1 aliphatic heterocycles. The quantitative estimate of drug-likeness (QED) is 0.439. The second-order valence-corrected chi connectivity index (χ2v) is 8.77. The molecule has 7 nitrogen and oxygen atoms in total. The summed E-state index contributed by atoms with van der Waals surface area (Å²) in [6.45, 7) is 5.20. The van der Waals surface area contributed by atoms with Crippen LogP contribution in [0, 0.1) is 6.92 Å². The third-order valence-corrected chi connectivity index (χ3v) is 6.56. The Morgan fingerprint density at radius 2 is 1.66 bits per heavy atom. The topological polar surface area (TPSA) is 66.6 Å². The van der Waals surface area contributed by atoms with E-state index in [1.807, 2.05) is 35.2 Å². The highest BCUT2D eigenvalue weighted by atomic mass is 32.2. The zero-order valence-corrected chi connectivity index (χ0v) is 18.7. The minimum absolute atomic E-state index is 0.120. The van der Waals surface area contributed by atoms with Crippen LogP contribution in [0.4, 0.5) is 5.69 Å². The Hall–Kier alpha value is -3.39. The lowest BCUT2D eigenvalue weighted by atomic mass is 10.1. The molecule has 3 heterocycles. The first-order chi connectivity index (χ1) is 15.7. The van der Waals surface area contributed by atoms with Gasteiger partial charge in [-0.2, -0.15) is 9.61 Å². The summed E-state index contributed by atoms with van der Waals surface area (Å²) >= 11 is 1.38. The van der Waals surface area contributed by atoms with Crippen LogP contribution in [0.3, 0.4) is 0 Å². The molecule has 0 bridgehead atoms. The van der Waals surface area contributed by atoms with Crippen molar-refractivity contribution in [2.75, 3.05) is 36.8 Å². The summed E-state index contributed by atoms with van der Waals surface area (Å²) < 4.78 is 1.72. The van der Waals surface area contributed by atoms with Crippen LogP contribution in [0.5, 0.6) is 0 Å². The molecule has 5 rings (SSSR count). The molecule has 8 heteroatoms. The Balaban J connectivity index is 1.23. The number of aromatic nitrogens is 4. The van der Waals surface area contributed by atoms with Crippen LogP contribution in [0.25, 0.3) is 16.9 Å². The van der Waals surface area contributed by atoms with E-state index < -0.39 is 0 Å². The molecule has 1 amide bonds. The van der Waals surface area contributed by atoms with Gasteiger partial charge in [0.2, 0.25) is 11.1 Å². The summed E-state index contributed by atoms with van der Waals surface area (Å²) in [5, 5.41) is 13.8. The number of anilines is 1. The van der Waals surface area contributed by atoms with Gasteiger partial charge in [0.25, 0.3) is 0 Å². The van der Waals surface area contributed by atoms with Gasteiger partial charge in [-0.05, 0) is 31.2 Å². The molecule has 0 spiro atoms. The number of hydrogen-bond donors (Lipinski definition) is 0. The van der Waals surface area contributed by atoms with Gasteiger partial charge in [0.05, 0.1) is 11.4 Å². The number of piperazine rings is 1. The Morgan fingerprint density at radius 3 is 2.41 bits per heavy atom. The van der Waals surface area contributed by atoms with E-state index in [4.69, 9.17) is 5.10 Å². The minimum atomic E-state index is 0.120. The fraction of sp³-hybridized carbons (Fsp3) is 0.250. The highest BCUT2D eigenvalue weighted by Gasteiger charge is 2.22. The Morgan fingerprint density at radius 1 is 0.906 bits per heavy atom. The second-order valence-electron chi connectivity index (χ2n) is 7.83.